The Morgan fingerprint density at radius 2 is 1.45 bits per heavy atom. The quantitative estimate of drug-likeness (QED) is 0.150. The van der Waals surface area contributed by atoms with Crippen LogP contribution in [0.2, 0.25) is 0 Å². The van der Waals surface area contributed by atoms with Crippen LogP contribution in [0.3, 0.4) is 0 Å². The van der Waals surface area contributed by atoms with E-state index < -0.39 is 0 Å². The van der Waals surface area contributed by atoms with E-state index in [1.54, 1.807) is 0 Å². The highest BCUT2D eigenvalue weighted by Gasteiger charge is 2.28. The van der Waals surface area contributed by atoms with Crippen molar-refractivity contribution in [2.45, 2.75) is 32.6 Å². The lowest BCUT2D eigenvalue weighted by Crippen LogP contribution is -2.37. The molecule has 4 aromatic heterocycles. The van der Waals surface area contributed by atoms with Crippen molar-refractivity contribution in [2.75, 3.05) is 0 Å². The van der Waals surface area contributed by atoms with Gasteiger partial charge in [-0.15, -0.1) is 22.7 Å². The Bertz CT molecular complexity index is 2610. The molecule has 0 radical (unpaired) electrons. The highest BCUT2D eigenvalue weighted by Crippen LogP contribution is 2.44. The number of aromatic nitrogens is 2. The van der Waals surface area contributed by atoms with Gasteiger partial charge in [-0.3, -0.25) is 0 Å². The van der Waals surface area contributed by atoms with Crippen molar-refractivity contribution in [2.24, 2.45) is 0 Å². The first-order valence-electron chi connectivity index (χ1n) is 15.8. The van der Waals surface area contributed by atoms with E-state index >= 15 is 0 Å². The van der Waals surface area contributed by atoms with Gasteiger partial charge in [-0.1, -0.05) is 104 Å². The number of rotatable bonds is 5. The second-order valence-corrected chi connectivity index (χ2v) is 14.4. The average molecular weight is 601 g/mol. The number of nitrogens with one attached hydrogen (secondary N) is 1. The van der Waals surface area contributed by atoms with Gasteiger partial charge in [-0.25, -0.2) is 0 Å². The molecule has 9 aromatic rings. The van der Waals surface area contributed by atoms with Gasteiger partial charge in [0.05, 0.1) is 5.52 Å². The highest BCUT2D eigenvalue weighted by molar-refractivity contribution is 7.26. The van der Waals surface area contributed by atoms with Crippen LogP contribution in [-0.4, -0.2) is 16.8 Å². The number of aromatic amines is 1. The summed E-state index contributed by atoms with van der Waals surface area (Å²) < 4.78 is 5.33. The minimum Gasteiger partial charge on any atom is -0.346 e. The van der Waals surface area contributed by atoms with E-state index in [2.05, 4.69) is 114 Å². The van der Waals surface area contributed by atoms with Gasteiger partial charge in [0.25, 0.3) is 0 Å². The Morgan fingerprint density at radius 1 is 0.705 bits per heavy atom. The highest BCUT2D eigenvalue weighted by atomic mass is 32.1. The molecule has 1 N–H and O–H groups in total. The Kier molecular flexibility index (Phi) is 5.32. The van der Waals surface area contributed by atoms with Crippen LogP contribution in [-0.2, 0) is 6.42 Å². The summed E-state index contributed by atoms with van der Waals surface area (Å²) in [5.74, 6) is 0. The summed E-state index contributed by atoms with van der Waals surface area (Å²) in [6.07, 6.45) is 4.83. The molecule has 0 saturated carbocycles. The SMILES string of the molecule is CCCCCc1cc(-c2cccc3c2[nH]c2sc4ccccc4c23)c2c(c1)-n1c3sc4ccccc4c3c3cccc(c31)B2. The van der Waals surface area contributed by atoms with Crippen LogP contribution in [0.25, 0.3) is 79.2 Å². The molecule has 10 rings (SSSR count). The van der Waals surface area contributed by atoms with Crippen LogP contribution in [0.1, 0.15) is 31.7 Å². The number of H-pyrrole nitrogens is 1. The molecule has 0 fully saturated rings. The molecular formula is C39H29BN2S2. The maximum atomic E-state index is 3.91. The van der Waals surface area contributed by atoms with Crippen molar-refractivity contribution in [3.63, 3.8) is 0 Å². The standard InChI is InChI=1S/C39H29BN2S2/c1-2-3-4-11-22-20-28(23-14-9-15-26-33-24-12-5-7-18-31(24)43-38(33)41-36(23)26)35-30(21-22)42-37-27(16-10-17-29(37)40-35)34-25-13-6-8-19-32(25)44-39(34)42/h5-10,12-21,40-41H,2-4,11H2,1H3. The first-order chi connectivity index (χ1) is 21.8. The van der Waals surface area contributed by atoms with Crippen LogP contribution >= 0.6 is 22.7 Å². The minimum atomic E-state index is 0.945. The van der Waals surface area contributed by atoms with Gasteiger partial charge in [-0.2, -0.15) is 0 Å². The van der Waals surface area contributed by atoms with Crippen molar-refractivity contribution >= 4 is 103 Å². The van der Waals surface area contributed by atoms with E-state index in [4.69, 9.17) is 0 Å². The molecule has 0 bridgehead atoms. The molecule has 0 saturated heterocycles. The van der Waals surface area contributed by atoms with Gasteiger partial charge in [0.15, 0.2) is 7.28 Å². The van der Waals surface area contributed by atoms with Crippen LogP contribution in [0, 0.1) is 0 Å². The van der Waals surface area contributed by atoms with Gasteiger partial charge in [0.1, 0.15) is 9.66 Å². The van der Waals surface area contributed by atoms with E-state index in [-0.39, 0.29) is 0 Å². The first kappa shape index (κ1) is 25.1. The topological polar surface area (TPSA) is 20.7 Å². The second kappa shape index (κ2) is 9.34. The summed E-state index contributed by atoms with van der Waals surface area (Å²) >= 11 is 3.81. The number of fused-ring (bicyclic) bond motifs is 12. The molecular weight excluding hydrogens is 571 g/mol. The Morgan fingerprint density at radius 3 is 2.32 bits per heavy atom. The van der Waals surface area contributed by atoms with Crippen LogP contribution in [0.15, 0.2) is 97.1 Å². The summed E-state index contributed by atoms with van der Waals surface area (Å²) in [5.41, 5.74) is 11.0. The third kappa shape index (κ3) is 3.37. The van der Waals surface area contributed by atoms with Gasteiger partial charge in [0, 0.05) is 58.5 Å². The molecule has 1 aliphatic heterocycles. The molecule has 0 aliphatic carbocycles. The minimum absolute atomic E-state index is 0.945. The van der Waals surface area contributed by atoms with E-state index in [0.29, 0.717) is 0 Å². The van der Waals surface area contributed by atoms with Gasteiger partial charge in [0.2, 0.25) is 0 Å². The molecule has 5 heterocycles. The lowest BCUT2D eigenvalue weighted by molar-refractivity contribution is 0.717. The Hall–Kier alpha value is -4.32. The summed E-state index contributed by atoms with van der Waals surface area (Å²) in [4.78, 5) is 6.55. The zero-order valence-corrected chi connectivity index (χ0v) is 26.2. The number of hydrogen-bond acceptors (Lipinski definition) is 2. The zero-order valence-electron chi connectivity index (χ0n) is 24.5. The van der Waals surface area contributed by atoms with Crippen molar-refractivity contribution in [1.82, 2.24) is 9.55 Å². The maximum Gasteiger partial charge on any atom is 0.198 e. The third-order valence-corrected chi connectivity index (χ3v) is 12.1. The van der Waals surface area contributed by atoms with E-state index in [1.165, 1.54) is 115 Å². The number of nitrogens with zero attached hydrogens (tertiary/aromatic N) is 1. The number of hydrogen-bond donors (Lipinski definition) is 1. The van der Waals surface area contributed by atoms with Crippen LogP contribution in [0.4, 0.5) is 0 Å². The fourth-order valence-electron chi connectivity index (χ4n) is 7.87. The molecule has 0 unspecified atom stereocenters. The zero-order chi connectivity index (χ0) is 28.9. The summed E-state index contributed by atoms with van der Waals surface area (Å²) in [6.45, 7) is 2.30. The molecule has 0 amide bonds. The molecule has 2 nitrogen and oxygen atoms in total. The van der Waals surface area contributed by atoms with Crippen molar-refractivity contribution in [1.29, 1.82) is 0 Å². The molecule has 0 spiro atoms. The Labute approximate surface area is 263 Å². The lowest BCUT2D eigenvalue weighted by atomic mass is 9.59. The maximum absolute atomic E-state index is 3.91. The molecule has 5 aromatic carbocycles. The summed E-state index contributed by atoms with van der Waals surface area (Å²) in [5, 5.41) is 8.21. The third-order valence-electron chi connectivity index (χ3n) is 9.81. The van der Waals surface area contributed by atoms with E-state index in [1.807, 2.05) is 22.7 Å². The second-order valence-electron chi connectivity index (χ2n) is 12.4. The normalized spacial score (nSPS) is 12.8. The Balaban J connectivity index is 1.30. The van der Waals surface area contributed by atoms with Gasteiger partial charge >= 0.3 is 0 Å². The van der Waals surface area contributed by atoms with Crippen molar-refractivity contribution < 1.29 is 0 Å². The van der Waals surface area contributed by atoms with E-state index in [0.717, 1.165) is 13.7 Å². The smallest absolute Gasteiger partial charge is 0.198 e. The number of thiophene rings is 2. The van der Waals surface area contributed by atoms with Crippen molar-refractivity contribution in [3.05, 3.63) is 103 Å². The van der Waals surface area contributed by atoms with Crippen molar-refractivity contribution in [3.8, 4) is 16.8 Å². The molecule has 44 heavy (non-hydrogen) atoms. The predicted octanol–water partition coefficient (Wildman–Crippen LogP) is 9.95. The van der Waals surface area contributed by atoms with Crippen LogP contribution in [0.5, 0.6) is 0 Å². The lowest BCUT2D eigenvalue weighted by Gasteiger charge is -2.24. The number of unbranched alkanes of at least 4 members (excludes halogenated alkanes) is 2. The molecule has 0 atom stereocenters. The molecule has 1 aliphatic rings. The number of aryl methyl sites for hydroxylation is 1. The van der Waals surface area contributed by atoms with E-state index in [9.17, 15) is 0 Å². The molecule has 5 heteroatoms. The first-order valence-corrected chi connectivity index (χ1v) is 17.4. The predicted molar refractivity (Wildman–Crippen MR) is 196 cm³/mol. The van der Waals surface area contributed by atoms with Crippen LogP contribution < -0.4 is 10.9 Å². The number of para-hydroxylation sites is 2. The fraction of sp³-hybridized carbons (Fsp3) is 0.128. The summed E-state index contributed by atoms with van der Waals surface area (Å²) in [7, 11) is 0.945. The monoisotopic (exact) mass is 600 g/mol. The summed E-state index contributed by atoms with van der Waals surface area (Å²) in [6, 6.07) is 36.7. The van der Waals surface area contributed by atoms with Gasteiger partial charge < -0.3 is 9.55 Å². The number of benzene rings is 5. The molecule has 210 valence electrons. The largest absolute Gasteiger partial charge is 0.346 e. The fourth-order valence-corrected chi connectivity index (χ4v) is 10.2. The average Bonchev–Trinajstić information content (AvgIpc) is 3.79. The van der Waals surface area contributed by atoms with Gasteiger partial charge in [-0.05, 0) is 47.6 Å².